The van der Waals surface area contributed by atoms with E-state index in [1.807, 2.05) is 6.08 Å². The van der Waals surface area contributed by atoms with E-state index < -0.39 is 57.3 Å². The summed E-state index contributed by atoms with van der Waals surface area (Å²) in [6, 6.07) is -0.859. The van der Waals surface area contributed by atoms with Crippen molar-refractivity contribution in [3.05, 3.63) is 27.7 Å². The van der Waals surface area contributed by atoms with Crippen LogP contribution in [-0.2, 0) is 10.9 Å². The Balaban J connectivity index is 1.59. The number of ether oxygens (including phenoxy) is 1. The second kappa shape index (κ2) is 10.3. The van der Waals surface area contributed by atoms with Gasteiger partial charge < -0.3 is 20.3 Å². The zero-order chi connectivity index (χ0) is 22.6. The van der Waals surface area contributed by atoms with Crippen LogP contribution in [-0.4, -0.2) is 63.5 Å². The van der Waals surface area contributed by atoms with E-state index in [9.17, 15) is 23.4 Å². The zero-order valence-corrected chi connectivity index (χ0v) is 19.0. The van der Waals surface area contributed by atoms with Crippen LogP contribution in [0.25, 0.3) is 0 Å². The summed E-state index contributed by atoms with van der Waals surface area (Å²) in [5.74, 6) is 0.920. The Morgan fingerprint density at radius 1 is 1.32 bits per heavy atom. The third kappa shape index (κ3) is 6.63. The molecule has 0 spiro atoms. The largest absolute Gasteiger partial charge is 0.434 e. The highest BCUT2D eigenvalue weighted by Gasteiger charge is 2.39. The van der Waals surface area contributed by atoms with Gasteiger partial charge in [-0.25, -0.2) is 4.98 Å². The molecule has 3 heterocycles. The summed E-state index contributed by atoms with van der Waals surface area (Å²) in [5, 5.41) is 23.5. The summed E-state index contributed by atoms with van der Waals surface area (Å²) in [6.07, 6.45) is -3.37. The summed E-state index contributed by atoms with van der Waals surface area (Å²) in [4.78, 5) is 11.4. The van der Waals surface area contributed by atoms with Gasteiger partial charge in [0, 0.05) is 3.58 Å². The Morgan fingerprint density at radius 3 is 2.81 bits per heavy atom. The van der Waals surface area contributed by atoms with Crippen LogP contribution in [0.1, 0.15) is 26.0 Å². The molecule has 4 atom stereocenters. The van der Waals surface area contributed by atoms with Crippen molar-refractivity contribution in [3.63, 3.8) is 0 Å². The quantitative estimate of drug-likeness (QED) is 0.397. The smallest absolute Gasteiger partial charge is 0.388 e. The number of rotatable bonds is 6. The summed E-state index contributed by atoms with van der Waals surface area (Å²) in [7, 11) is 0. The van der Waals surface area contributed by atoms with Crippen molar-refractivity contribution in [1.82, 2.24) is 15.4 Å². The Bertz CT molecular complexity index is 864. The third-order valence-electron chi connectivity index (χ3n) is 4.54. The minimum atomic E-state index is -4.64. The van der Waals surface area contributed by atoms with E-state index >= 15 is 0 Å². The highest BCUT2D eigenvalue weighted by atomic mass is 127. The van der Waals surface area contributed by atoms with Gasteiger partial charge in [-0.3, -0.25) is 15.4 Å². The molecule has 2 aliphatic heterocycles. The second-order valence-electron chi connectivity index (χ2n) is 7.59. The Morgan fingerprint density at radius 2 is 2.10 bits per heavy atom. The normalized spacial score (nSPS) is 28.1. The molecule has 9 nitrogen and oxygen atoms in total. The van der Waals surface area contributed by atoms with Crippen LogP contribution >= 0.6 is 21.0 Å². The fourth-order valence-corrected chi connectivity index (χ4v) is 5.20. The van der Waals surface area contributed by atoms with Gasteiger partial charge in [0.2, 0.25) is 0 Å². The Kier molecular flexibility index (Phi) is 7.93. The molecular formula is C18H24F3IN6O3. The highest BCUT2D eigenvalue weighted by molar-refractivity contribution is 14.2. The Labute approximate surface area is 187 Å². The van der Waals surface area contributed by atoms with E-state index in [4.69, 9.17) is 4.74 Å². The predicted octanol–water partition coefficient (Wildman–Crippen LogP) is 2.40. The molecule has 0 aromatic carbocycles. The number of aliphatic imine (C=N–C) groups is 1. The van der Waals surface area contributed by atoms with Crippen LogP contribution in [0.2, 0.25) is 0 Å². The topological polar surface area (TPSA) is 124 Å². The van der Waals surface area contributed by atoms with Crippen LogP contribution in [0, 0.1) is 5.92 Å². The molecule has 0 amide bonds. The number of amidine groups is 1. The standard InChI is InChI=1S/C18H24F3IN6O3/c1-9(2)3-10-4-14(27-28-22-10)24-5-12-17(30)16(29)11(8-31-12)25-15-7-23-6-13(26-15)18(19,20)21/h4,6-7,9,11-12,16-17,29-30H,3,5,8H2,1-2H3,(H,24,27)(H,25,26)/t11-,12+,16+,17-/m0/s1. The molecule has 0 unspecified atom stereocenters. The average Bonchev–Trinajstić information content (AvgIpc) is 2.70. The number of alkyl halides is 3. The van der Waals surface area contributed by atoms with Gasteiger partial charge >= 0.3 is 6.18 Å². The van der Waals surface area contributed by atoms with Crippen molar-refractivity contribution in [2.75, 3.05) is 18.5 Å². The number of halogens is 4. The monoisotopic (exact) mass is 556 g/mol. The lowest BCUT2D eigenvalue weighted by atomic mass is 9.98. The lowest BCUT2D eigenvalue weighted by molar-refractivity contribution is -0.141. The fourth-order valence-electron chi connectivity index (χ4n) is 3.01. The van der Waals surface area contributed by atoms with E-state index in [1.165, 1.54) is 3.58 Å². The van der Waals surface area contributed by atoms with Gasteiger partial charge in [0.05, 0.1) is 52.6 Å². The number of allylic oxidation sites excluding steroid dienone is 1. The molecular weight excluding hydrogens is 532 g/mol. The maximum Gasteiger partial charge on any atom is 0.434 e. The van der Waals surface area contributed by atoms with E-state index in [-0.39, 0.29) is 19.0 Å². The molecule has 1 aromatic rings. The molecule has 2 aliphatic rings. The summed E-state index contributed by atoms with van der Waals surface area (Å²) < 4.78 is 49.5. The molecule has 172 valence electrons. The summed E-state index contributed by atoms with van der Waals surface area (Å²) in [5.41, 5.74) is 1.72. The van der Waals surface area contributed by atoms with Crippen molar-refractivity contribution in [2.24, 2.45) is 14.2 Å². The molecule has 4 N–H and O–H groups in total. The fraction of sp³-hybridized carbons (Fsp3) is 0.611. The summed E-state index contributed by atoms with van der Waals surface area (Å²) >= 11 is -0.412. The zero-order valence-electron chi connectivity index (χ0n) is 16.8. The van der Waals surface area contributed by atoms with Crippen LogP contribution in [0.5, 0.6) is 0 Å². The van der Waals surface area contributed by atoms with E-state index in [2.05, 4.69) is 42.8 Å². The lowest BCUT2D eigenvalue weighted by Gasteiger charge is -2.37. The van der Waals surface area contributed by atoms with E-state index in [1.54, 1.807) is 0 Å². The number of nitrogens with zero attached hydrogens (tertiary/aromatic N) is 4. The first kappa shape index (κ1) is 23.9. The number of anilines is 1. The second-order valence-corrected chi connectivity index (χ2v) is 9.94. The SMILES string of the molecule is CC(C)CC1=CC(=NC[C@H]2OC[C@H](Nc3cncc(C(F)(F)F)n3)[C@@H](O)[C@H]2O)NN=I1. The molecule has 0 radical (unpaired) electrons. The minimum Gasteiger partial charge on any atom is -0.388 e. The lowest BCUT2D eigenvalue weighted by Crippen LogP contribution is -2.56. The average molecular weight is 556 g/mol. The van der Waals surface area contributed by atoms with Gasteiger partial charge in [0.15, 0.2) is 5.69 Å². The molecule has 0 aliphatic carbocycles. The number of aliphatic hydroxyl groups excluding tert-OH is 2. The number of aliphatic hydroxyl groups is 2. The maximum atomic E-state index is 12.8. The van der Waals surface area contributed by atoms with Gasteiger partial charge in [0.25, 0.3) is 0 Å². The number of hydrogen-bond donors (Lipinski definition) is 4. The molecule has 31 heavy (non-hydrogen) atoms. The van der Waals surface area contributed by atoms with Crippen LogP contribution in [0.4, 0.5) is 19.0 Å². The summed E-state index contributed by atoms with van der Waals surface area (Å²) in [6.45, 7) is 4.30. The molecule has 3 rings (SSSR count). The molecule has 1 saturated heterocycles. The minimum absolute atomic E-state index is 0.0522. The molecule has 1 fully saturated rings. The number of aromatic nitrogens is 2. The predicted molar refractivity (Wildman–Crippen MR) is 116 cm³/mol. The van der Waals surface area contributed by atoms with Crippen molar-refractivity contribution in [3.8, 4) is 0 Å². The third-order valence-corrected chi connectivity index (χ3v) is 6.39. The molecule has 0 bridgehead atoms. The van der Waals surface area contributed by atoms with Gasteiger partial charge in [0.1, 0.15) is 30.0 Å². The van der Waals surface area contributed by atoms with Crippen LogP contribution in [0.3, 0.4) is 0 Å². The number of nitrogens with one attached hydrogen (secondary N) is 2. The first-order valence-electron chi connectivity index (χ1n) is 9.62. The van der Waals surface area contributed by atoms with Crippen molar-refractivity contribution in [2.45, 2.75) is 50.8 Å². The maximum absolute atomic E-state index is 12.8. The van der Waals surface area contributed by atoms with Gasteiger partial charge in [-0.1, -0.05) is 13.8 Å². The van der Waals surface area contributed by atoms with Crippen LogP contribution < -0.4 is 10.7 Å². The van der Waals surface area contributed by atoms with E-state index in [0.717, 1.165) is 12.6 Å². The highest BCUT2D eigenvalue weighted by Crippen LogP contribution is 2.28. The molecule has 0 saturated carbocycles. The van der Waals surface area contributed by atoms with E-state index in [0.29, 0.717) is 18.0 Å². The van der Waals surface area contributed by atoms with Crippen LogP contribution in [0.15, 0.2) is 30.3 Å². The Hall–Kier alpha value is -1.71. The van der Waals surface area contributed by atoms with Gasteiger partial charge in [-0.05, 0) is 18.4 Å². The van der Waals surface area contributed by atoms with Crippen molar-refractivity contribution in [1.29, 1.82) is 0 Å². The van der Waals surface area contributed by atoms with Gasteiger partial charge in [-0.15, -0.1) is 3.25 Å². The molecule has 13 heteroatoms. The van der Waals surface area contributed by atoms with Crippen molar-refractivity contribution >= 4 is 32.7 Å². The molecule has 1 aromatic heterocycles. The first-order chi connectivity index (χ1) is 14.6. The first-order valence-corrected chi connectivity index (χ1v) is 11.7. The van der Waals surface area contributed by atoms with Crippen molar-refractivity contribution < 1.29 is 28.1 Å². The van der Waals surface area contributed by atoms with Gasteiger partial charge in [-0.2, -0.15) is 13.2 Å². The number of hydrogen-bond acceptors (Lipinski definition) is 8.